The van der Waals surface area contributed by atoms with Crippen molar-refractivity contribution in [3.63, 3.8) is 0 Å². The van der Waals surface area contributed by atoms with Crippen LogP contribution >= 0.6 is 0 Å². The first-order chi connectivity index (χ1) is 12.5. The molecule has 6 nitrogen and oxygen atoms in total. The zero-order valence-electron chi connectivity index (χ0n) is 15.1. The lowest BCUT2D eigenvalue weighted by molar-refractivity contribution is -0.145. The Hall–Kier alpha value is -2.26. The highest BCUT2D eigenvalue weighted by atomic mass is 16.5. The van der Waals surface area contributed by atoms with Gasteiger partial charge in [-0.2, -0.15) is 5.26 Å². The average molecular weight is 359 g/mol. The predicted octanol–water partition coefficient (Wildman–Crippen LogP) is 3.54. The standard InChI is InChI=1S/C20H25NO5/c1-24-17-5-4-15(10-18(17)25-11-14-2-3-14)12-26-20(13-21)8-6-16(7-9-20)19(22)23/h4-5,10,14,16H,2-3,6-9,11-12H2,1H3,(H,22,23). The molecular weight excluding hydrogens is 334 g/mol. The van der Waals surface area contributed by atoms with Gasteiger partial charge in [0, 0.05) is 0 Å². The van der Waals surface area contributed by atoms with Crippen molar-refractivity contribution in [1.82, 2.24) is 0 Å². The van der Waals surface area contributed by atoms with Crippen LogP contribution in [-0.2, 0) is 16.1 Å². The molecule has 26 heavy (non-hydrogen) atoms. The highest BCUT2D eigenvalue weighted by molar-refractivity contribution is 5.70. The first kappa shape index (κ1) is 18.5. The van der Waals surface area contributed by atoms with E-state index in [1.807, 2.05) is 18.2 Å². The molecule has 0 aliphatic heterocycles. The van der Waals surface area contributed by atoms with Crippen molar-refractivity contribution < 1.29 is 24.1 Å². The molecule has 2 saturated carbocycles. The normalized spacial score (nSPS) is 25.3. The Morgan fingerprint density at radius 1 is 1.27 bits per heavy atom. The van der Waals surface area contributed by atoms with E-state index in [1.165, 1.54) is 12.8 Å². The van der Waals surface area contributed by atoms with Gasteiger partial charge in [0.2, 0.25) is 0 Å². The SMILES string of the molecule is COc1ccc(COC2(C#N)CCC(C(=O)O)CC2)cc1OCC1CC1. The summed E-state index contributed by atoms with van der Waals surface area (Å²) in [6.45, 7) is 0.981. The van der Waals surface area contributed by atoms with E-state index < -0.39 is 11.6 Å². The number of nitriles is 1. The van der Waals surface area contributed by atoms with Gasteiger partial charge in [-0.15, -0.1) is 0 Å². The molecule has 0 heterocycles. The molecule has 1 aromatic carbocycles. The van der Waals surface area contributed by atoms with Crippen molar-refractivity contribution in [2.45, 2.75) is 50.7 Å². The molecule has 0 unspecified atom stereocenters. The predicted molar refractivity (Wildman–Crippen MR) is 93.9 cm³/mol. The fraction of sp³-hybridized carbons (Fsp3) is 0.600. The van der Waals surface area contributed by atoms with Gasteiger partial charge in [0.1, 0.15) is 0 Å². The molecule has 3 rings (SSSR count). The molecule has 2 fully saturated rings. The molecule has 0 spiro atoms. The van der Waals surface area contributed by atoms with Crippen LogP contribution in [0.3, 0.4) is 0 Å². The van der Waals surface area contributed by atoms with E-state index in [0.717, 1.165) is 5.56 Å². The van der Waals surface area contributed by atoms with E-state index in [2.05, 4.69) is 6.07 Å². The van der Waals surface area contributed by atoms with Gasteiger partial charge in [-0.05, 0) is 62.1 Å². The Labute approximate surface area is 153 Å². The average Bonchev–Trinajstić information content (AvgIpc) is 3.49. The molecule has 2 aliphatic carbocycles. The van der Waals surface area contributed by atoms with Crippen molar-refractivity contribution in [2.75, 3.05) is 13.7 Å². The molecule has 2 aliphatic rings. The molecule has 0 atom stereocenters. The van der Waals surface area contributed by atoms with Crippen LogP contribution in [0.1, 0.15) is 44.1 Å². The van der Waals surface area contributed by atoms with Crippen LogP contribution in [0.15, 0.2) is 18.2 Å². The smallest absolute Gasteiger partial charge is 0.306 e. The van der Waals surface area contributed by atoms with Crippen molar-refractivity contribution in [1.29, 1.82) is 5.26 Å². The third kappa shape index (κ3) is 4.47. The quantitative estimate of drug-likeness (QED) is 0.764. The number of ether oxygens (including phenoxy) is 3. The lowest BCUT2D eigenvalue weighted by Gasteiger charge is -2.33. The van der Waals surface area contributed by atoms with Crippen molar-refractivity contribution in [3.8, 4) is 17.6 Å². The monoisotopic (exact) mass is 359 g/mol. The molecule has 0 amide bonds. The van der Waals surface area contributed by atoms with Crippen LogP contribution in [0.5, 0.6) is 11.5 Å². The molecule has 0 aromatic heterocycles. The van der Waals surface area contributed by atoms with Gasteiger partial charge in [0.15, 0.2) is 17.1 Å². The van der Waals surface area contributed by atoms with E-state index in [-0.39, 0.29) is 12.5 Å². The third-order valence-electron chi connectivity index (χ3n) is 5.26. The number of hydrogen-bond acceptors (Lipinski definition) is 5. The number of methoxy groups -OCH3 is 1. The lowest BCUT2D eigenvalue weighted by atomic mass is 9.79. The third-order valence-corrected chi connectivity index (χ3v) is 5.26. The summed E-state index contributed by atoms with van der Waals surface area (Å²) in [5, 5.41) is 18.7. The van der Waals surface area contributed by atoms with Crippen LogP contribution in [0.4, 0.5) is 0 Å². The Morgan fingerprint density at radius 3 is 2.58 bits per heavy atom. The molecule has 1 aromatic rings. The number of rotatable bonds is 8. The number of benzene rings is 1. The van der Waals surface area contributed by atoms with Gasteiger partial charge in [0.25, 0.3) is 0 Å². The largest absolute Gasteiger partial charge is 0.493 e. The fourth-order valence-electron chi connectivity index (χ4n) is 3.26. The van der Waals surface area contributed by atoms with Crippen LogP contribution < -0.4 is 9.47 Å². The Bertz CT molecular complexity index is 684. The second-order valence-corrected chi connectivity index (χ2v) is 7.25. The maximum Gasteiger partial charge on any atom is 0.306 e. The Balaban J connectivity index is 1.61. The second kappa shape index (κ2) is 7.96. The molecule has 1 N–H and O–H groups in total. The van der Waals surface area contributed by atoms with E-state index in [9.17, 15) is 10.1 Å². The Morgan fingerprint density at radius 2 is 2.00 bits per heavy atom. The van der Waals surface area contributed by atoms with Gasteiger partial charge in [-0.1, -0.05) is 6.07 Å². The number of carboxylic acids is 1. The maximum absolute atomic E-state index is 11.1. The summed E-state index contributed by atoms with van der Waals surface area (Å²) in [6, 6.07) is 7.91. The summed E-state index contributed by atoms with van der Waals surface area (Å²) >= 11 is 0. The van der Waals surface area contributed by atoms with Gasteiger partial charge >= 0.3 is 5.97 Å². The van der Waals surface area contributed by atoms with Gasteiger partial charge < -0.3 is 19.3 Å². The number of carbonyl (C=O) groups is 1. The summed E-state index contributed by atoms with van der Waals surface area (Å²) in [5.41, 5.74) is 0.00700. The second-order valence-electron chi connectivity index (χ2n) is 7.25. The van der Waals surface area contributed by atoms with Gasteiger partial charge in [-0.3, -0.25) is 4.79 Å². The first-order valence-electron chi connectivity index (χ1n) is 9.13. The highest BCUT2D eigenvalue weighted by Crippen LogP contribution is 2.37. The van der Waals surface area contributed by atoms with Gasteiger partial charge in [0.05, 0.1) is 32.3 Å². The van der Waals surface area contributed by atoms with Crippen LogP contribution in [0.2, 0.25) is 0 Å². The first-order valence-corrected chi connectivity index (χ1v) is 9.13. The molecular formula is C20H25NO5. The molecule has 0 bridgehead atoms. The van der Waals surface area contributed by atoms with E-state index >= 15 is 0 Å². The summed E-state index contributed by atoms with van der Waals surface area (Å²) < 4.78 is 17.2. The molecule has 0 radical (unpaired) electrons. The fourth-order valence-corrected chi connectivity index (χ4v) is 3.26. The zero-order valence-corrected chi connectivity index (χ0v) is 15.1. The summed E-state index contributed by atoms with van der Waals surface area (Å²) in [7, 11) is 1.61. The zero-order chi connectivity index (χ0) is 18.6. The number of nitrogens with zero attached hydrogens (tertiary/aromatic N) is 1. The Kier molecular flexibility index (Phi) is 5.67. The minimum atomic E-state index is -0.902. The van der Waals surface area contributed by atoms with Crippen molar-refractivity contribution in [3.05, 3.63) is 23.8 Å². The molecule has 6 heteroatoms. The maximum atomic E-state index is 11.1. The van der Waals surface area contributed by atoms with Crippen molar-refractivity contribution >= 4 is 5.97 Å². The van der Waals surface area contributed by atoms with Crippen LogP contribution in [0.25, 0.3) is 0 Å². The summed E-state index contributed by atoms with van der Waals surface area (Å²) in [4.78, 5) is 11.1. The van der Waals surface area contributed by atoms with Crippen molar-refractivity contribution in [2.24, 2.45) is 11.8 Å². The number of hydrogen-bond donors (Lipinski definition) is 1. The van der Waals surface area contributed by atoms with Crippen LogP contribution in [0, 0.1) is 23.2 Å². The minimum absolute atomic E-state index is 0.287. The minimum Gasteiger partial charge on any atom is -0.493 e. The number of carboxylic acid groups (broad SMARTS) is 1. The number of aliphatic carboxylic acids is 1. The topological polar surface area (TPSA) is 88.8 Å². The van der Waals surface area contributed by atoms with E-state index in [4.69, 9.17) is 19.3 Å². The lowest BCUT2D eigenvalue weighted by Crippen LogP contribution is -2.37. The van der Waals surface area contributed by atoms with E-state index in [1.54, 1.807) is 7.11 Å². The molecule has 140 valence electrons. The summed E-state index contributed by atoms with van der Waals surface area (Å²) in [5.74, 6) is 0.867. The van der Waals surface area contributed by atoms with Gasteiger partial charge in [-0.25, -0.2) is 0 Å². The van der Waals surface area contributed by atoms with Crippen LogP contribution in [-0.4, -0.2) is 30.4 Å². The van der Waals surface area contributed by atoms with E-state index in [0.29, 0.717) is 49.7 Å². The highest BCUT2D eigenvalue weighted by Gasteiger charge is 2.38. The molecule has 0 saturated heterocycles. The summed E-state index contributed by atoms with van der Waals surface area (Å²) in [6.07, 6.45) is 4.27.